The summed E-state index contributed by atoms with van der Waals surface area (Å²) >= 11 is 1.65. The molecule has 1 aliphatic heterocycles. The van der Waals surface area contributed by atoms with Crippen LogP contribution in [0, 0.1) is 11.3 Å². The van der Waals surface area contributed by atoms with E-state index >= 15 is 0 Å². The quantitative estimate of drug-likeness (QED) is 0.560. The molecule has 0 bridgehead atoms. The van der Waals surface area contributed by atoms with E-state index in [0.29, 0.717) is 17.5 Å². The molecule has 0 saturated carbocycles. The van der Waals surface area contributed by atoms with E-state index in [-0.39, 0.29) is 0 Å². The fraction of sp³-hybridized carbons (Fsp3) is 0.381. The Balaban J connectivity index is 1.90. The van der Waals surface area contributed by atoms with E-state index in [0.717, 1.165) is 16.0 Å². The molecule has 0 spiro atoms. The molecule has 2 aromatic rings. The number of rotatable bonds is 5. The molecule has 1 fully saturated rings. The molecule has 1 heterocycles. The average molecular weight is 401 g/mol. The summed E-state index contributed by atoms with van der Waals surface area (Å²) in [5, 5.41) is 49.2. The zero-order valence-electron chi connectivity index (χ0n) is 15.4. The molecular weight excluding hydrogens is 378 g/mol. The number of hydrogen-bond acceptors (Lipinski definition) is 7. The average Bonchev–Trinajstić information content (AvgIpc) is 2.73. The van der Waals surface area contributed by atoms with Gasteiger partial charge in [0.25, 0.3) is 0 Å². The lowest BCUT2D eigenvalue weighted by Crippen LogP contribution is -2.55. The summed E-state index contributed by atoms with van der Waals surface area (Å²) in [5.74, 6) is 0. The van der Waals surface area contributed by atoms with Crippen molar-refractivity contribution >= 4 is 11.8 Å². The first kappa shape index (κ1) is 20.8. The summed E-state index contributed by atoms with van der Waals surface area (Å²) in [6.07, 6.45) is -3.53. The molecule has 148 valence electrons. The third-order valence-corrected chi connectivity index (χ3v) is 5.77. The lowest BCUT2D eigenvalue weighted by Gasteiger charge is -2.40. The molecule has 0 amide bonds. The van der Waals surface area contributed by atoms with Gasteiger partial charge in [-0.15, -0.1) is 11.8 Å². The minimum atomic E-state index is -1.44. The standard InChI is InChI=1S/C21H23NO5S/c1-28-16-6-2-12(3-7-16)8-15-9-13(4-5-14(15)10-22)21-20(26)19(25)18(24)17(11-23)27-21/h2-7,9,17-21,23-26H,8,11H2,1H3/t17-,18-,19+,20-,21+/m1/s1. The summed E-state index contributed by atoms with van der Waals surface area (Å²) < 4.78 is 5.63. The predicted octanol–water partition coefficient (Wildman–Crippen LogP) is 1.39. The Morgan fingerprint density at radius 2 is 1.75 bits per heavy atom. The molecule has 2 aromatic carbocycles. The monoisotopic (exact) mass is 401 g/mol. The number of thioether (sulfide) groups is 1. The zero-order chi connectivity index (χ0) is 20.3. The van der Waals surface area contributed by atoms with Gasteiger partial charge in [-0.05, 0) is 47.6 Å². The van der Waals surface area contributed by atoms with Gasteiger partial charge in [0.15, 0.2) is 0 Å². The first-order valence-electron chi connectivity index (χ1n) is 8.94. The third-order valence-electron chi connectivity index (χ3n) is 5.02. The Kier molecular flexibility index (Phi) is 6.73. The van der Waals surface area contributed by atoms with Gasteiger partial charge in [0.2, 0.25) is 0 Å². The van der Waals surface area contributed by atoms with Crippen LogP contribution in [0.15, 0.2) is 47.4 Å². The SMILES string of the molecule is CSc1ccc(Cc2cc([C@@H]3O[C@H](CO)[C@@H](O)[C@H](O)[C@H]3O)ccc2C#N)cc1. The topological polar surface area (TPSA) is 114 Å². The lowest BCUT2D eigenvalue weighted by molar-refractivity contribution is -0.231. The minimum Gasteiger partial charge on any atom is -0.394 e. The van der Waals surface area contributed by atoms with E-state index in [1.807, 2.05) is 30.5 Å². The first-order valence-corrected chi connectivity index (χ1v) is 10.2. The second kappa shape index (κ2) is 9.05. The van der Waals surface area contributed by atoms with Crippen molar-refractivity contribution in [2.24, 2.45) is 0 Å². The van der Waals surface area contributed by atoms with Gasteiger partial charge in [0, 0.05) is 4.90 Å². The van der Waals surface area contributed by atoms with Crippen LogP contribution in [0.5, 0.6) is 0 Å². The van der Waals surface area contributed by atoms with Gasteiger partial charge in [-0.25, -0.2) is 0 Å². The zero-order valence-corrected chi connectivity index (χ0v) is 16.2. The summed E-state index contributed by atoms with van der Waals surface area (Å²) in [6.45, 7) is -0.480. The maximum atomic E-state index is 10.4. The highest BCUT2D eigenvalue weighted by Crippen LogP contribution is 2.33. The Labute approximate surface area is 168 Å². The largest absolute Gasteiger partial charge is 0.394 e. The highest BCUT2D eigenvalue weighted by Gasteiger charge is 2.44. The van der Waals surface area contributed by atoms with Crippen molar-refractivity contribution < 1.29 is 25.2 Å². The molecule has 1 saturated heterocycles. The highest BCUT2D eigenvalue weighted by molar-refractivity contribution is 7.98. The van der Waals surface area contributed by atoms with Gasteiger partial charge in [-0.3, -0.25) is 0 Å². The van der Waals surface area contributed by atoms with Gasteiger partial charge < -0.3 is 25.2 Å². The second-order valence-corrected chi connectivity index (χ2v) is 7.68. The minimum absolute atomic E-state index is 0.480. The van der Waals surface area contributed by atoms with Crippen LogP contribution >= 0.6 is 11.8 Å². The smallest absolute Gasteiger partial charge is 0.113 e. The molecule has 4 N–H and O–H groups in total. The second-order valence-electron chi connectivity index (χ2n) is 6.80. The van der Waals surface area contributed by atoms with Gasteiger partial charge in [0.1, 0.15) is 30.5 Å². The van der Waals surface area contributed by atoms with Gasteiger partial charge in [-0.1, -0.05) is 24.3 Å². The number of aliphatic hydroxyl groups excluding tert-OH is 4. The lowest BCUT2D eigenvalue weighted by atomic mass is 9.89. The normalized spacial score (nSPS) is 27.4. The summed E-state index contributed by atoms with van der Waals surface area (Å²) in [6, 6.07) is 15.3. The highest BCUT2D eigenvalue weighted by atomic mass is 32.2. The molecule has 1 aliphatic rings. The maximum Gasteiger partial charge on any atom is 0.113 e. The fourth-order valence-corrected chi connectivity index (χ4v) is 3.79. The molecule has 5 atom stereocenters. The fourth-order valence-electron chi connectivity index (χ4n) is 3.39. The van der Waals surface area contributed by atoms with E-state index in [1.54, 1.807) is 30.0 Å². The molecular formula is C21H23NO5S. The molecule has 0 aliphatic carbocycles. The Hall–Kier alpha value is -1.92. The van der Waals surface area contributed by atoms with Gasteiger partial charge >= 0.3 is 0 Å². The molecule has 0 radical (unpaired) electrons. The van der Waals surface area contributed by atoms with Crippen molar-refractivity contribution in [3.8, 4) is 6.07 Å². The van der Waals surface area contributed by atoms with E-state index < -0.39 is 37.1 Å². The molecule has 7 heteroatoms. The number of hydrogen-bond donors (Lipinski definition) is 4. The van der Waals surface area contributed by atoms with Crippen molar-refractivity contribution in [2.75, 3.05) is 12.9 Å². The molecule has 6 nitrogen and oxygen atoms in total. The van der Waals surface area contributed by atoms with Gasteiger partial charge in [0.05, 0.1) is 18.2 Å². The van der Waals surface area contributed by atoms with Crippen LogP contribution in [0.1, 0.15) is 28.4 Å². The van der Waals surface area contributed by atoms with E-state index in [2.05, 4.69) is 6.07 Å². The number of aliphatic hydroxyl groups is 4. The Morgan fingerprint density at radius 1 is 1.04 bits per heavy atom. The number of nitriles is 1. The first-order chi connectivity index (χ1) is 13.5. The molecule has 0 unspecified atom stereocenters. The number of ether oxygens (including phenoxy) is 1. The van der Waals surface area contributed by atoms with Crippen LogP contribution in [0.4, 0.5) is 0 Å². The molecule has 28 heavy (non-hydrogen) atoms. The van der Waals surface area contributed by atoms with Crippen LogP contribution in [-0.4, -0.2) is 57.7 Å². The van der Waals surface area contributed by atoms with E-state index in [9.17, 15) is 25.7 Å². The van der Waals surface area contributed by atoms with Crippen molar-refractivity contribution in [3.63, 3.8) is 0 Å². The van der Waals surface area contributed by atoms with Crippen LogP contribution in [0.3, 0.4) is 0 Å². The van der Waals surface area contributed by atoms with Crippen molar-refractivity contribution in [1.29, 1.82) is 5.26 Å². The van der Waals surface area contributed by atoms with Crippen LogP contribution in [0.25, 0.3) is 0 Å². The van der Waals surface area contributed by atoms with Crippen molar-refractivity contribution in [3.05, 3.63) is 64.7 Å². The maximum absolute atomic E-state index is 10.4. The van der Waals surface area contributed by atoms with Crippen molar-refractivity contribution in [2.45, 2.75) is 41.8 Å². The van der Waals surface area contributed by atoms with Crippen LogP contribution < -0.4 is 0 Å². The van der Waals surface area contributed by atoms with Crippen LogP contribution in [0.2, 0.25) is 0 Å². The summed E-state index contributed by atoms with van der Waals surface area (Å²) in [7, 11) is 0. The predicted molar refractivity (Wildman–Crippen MR) is 105 cm³/mol. The summed E-state index contributed by atoms with van der Waals surface area (Å²) in [5.41, 5.74) is 2.91. The third kappa shape index (κ3) is 4.23. The summed E-state index contributed by atoms with van der Waals surface area (Å²) in [4.78, 5) is 1.15. The van der Waals surface area contributed by atoms with E-state index in [4.69, 9.17) is 4.74 Å². The van der Waals surface area contributed by atoms with Crippen LogP contribution in [-0.2, 0) is 11.2 Å². The van der Waals surface area contributed by atoms with E-state index in [1.165, 1.54) is 0 Å². The van der Waals surface area contributed by atoms with Crippen molar-refractivity contribution in [1.82, 2.24) is 0 Å². The molecule has 3 rings (SSSR count). The number of nitrogens with zero attached hydrogens (tertiary/aromatic N) is 1. The molecule has 0 aromatic heterocycles. The Morgan fingerprint density at radius 3 is 2.36 bits per heavy atom. The van der Waals surface area contributed by atoms with Gasteiger partial charge in [-0.2, -0.15) is 5.26 Å². The number of benzene rings is 2. The Bertz CT molecular complexity index is 849.